The number of hydrogen-bond acceptors (Lipinski definition) is 3. The monoisotopic (exact) mass is 289 g/mol. The molecule has 0 N–H and O–H groups in total. The molecule has 5 heteroatoms. The summed E-state index contributed by atoms with van der Waals surface area (Å²) in [6, 6.07) is 7.56. The van der Waals surface area contributed by atoms with Crippen molar-refractivity contribution in [1.82, 2.24) is 9.97 Å². The van der Waals surface area contributed by atoms with Gasteiger partial charge in [-0.3, -0.25) is 9.69 Å². The summed E-state index contributed by atoms with van der Waals surface area (Å²) in [5.74, 6) is 0.332. The highest BCUT2D eigenvalue weighted by atomic mass is 35.5. The number of aryl methyl sites for hydroxylation is 1. The minimum atomic E-state index is -0.0914. The molecule has 1 amide bonds. The highest BCUT2D eigenvalue weighted by molar-refractivity contribution is 6.30. The van der Waals surface area contributed by atoms with Crippen LogP contribution in [0, 0.1) is 0 Å². The van der Waals surface area contributed by atoms with Crippen molar-refractivity contribution < 1.29 is 4.79 Å². The Balaban J connectivity index is 2.45. The molecule has 0 aliphatic carbocycles. The van der Waals surface area contributed by atoms with E-state index in [2.05, 4.69) is 9.97 Å². The summed E-state index contributed by atoms with van der Waals surface area (Å²) in [6.45, 7) is 3.52. The van der Waals surface area contributed by atoms with E-state index in [1.807, 2.05) is 31.2 Å². The average Bonchev–Trinajstić information content (AvgIpc) is 2.46. The van der Waals surface area contributed by atoms with Gasteiger partial charge in [-0.15, -0.1) is 0 Å². The first-order valence-electron chi connectivity index (χ1n) is 6.39. The molecule has 1 aromatic heterocycles. The molecule has 0 fully saturated rings. The second kappa shape index (κ2) is 6.01. The van der Waals surface area contributed by atoms with E-state index in [1.165, 1.54) is 11.8 Å². The van der Waals surface area contributed by atoms with Gasteiger partial charge in [0.25, 0.3) is 0 Å². The van der Waals surface area contributed by atoms with Crippen molar-refractivity contribution in [2.24, 2.45) is 0 Å². The van der Waals surface area contributed by atoms with E-state index in [0.717, 1.165) is 23.2 Å². The third-order valence-corrected chi connectivity index (χ3v) is 3.37. The van der Waals surface area contributed by atoms with Gasteiger partial charge in [0, 0.05) is 30.8 Å². The van der Waals surface area contributed by atoms with E-state index in [1.54, 1.807) is 13.2 Å². The number of nitrogens with zero attached hydrogens (tertiary/aromatic N) is 3. The van der Waals surface area contributed by atoms with Crippen molar-refractivity contribution in [3.05, 3.63) is 41.2 Å². The smallest absolute Gasteiger partial charge is 0.232 e. The molecule has 0 unspecified atom stereocenters. The number of amides is 1. The Morgan fingerprint density at radius 3 is 2.50 bits per heavy atom. The first kappa shape index (κ1) is 14.5. The Hall–Kier alpha value is -1.94. The van der Waals surface area contributed by atoms with Crippen LogP contribution < -0.4 is 4.90 Å². The Kier molecular flexibility index (Phi) is 4.35. The molecule has 104 valence electrons. The SMILES string of the molecule is CCc1nc(N(C)C(C)=O)ncc1-c1ccc(Cl)cc1. The Labute approximate surface area is 123 Å². The van der Waals surface area contributed by atoms with Crippen molar-refractivity contribution in [2.75, 3.05) is 11.9 Å². The Morgan fingerprint density at radius 1 is 1.30 bits per heavy atom. The Morgan fingerprint density at radius 2 is 1.95 bits per heavy atom. The van der Waals surface area contributed by atoms with E-state index >= 15 is 0 Å². The molecular weight excluding hydrogens is 274 g/mol. The van der Waals surface area contributed by atoms with Crippen LogP contribution in [0.25, 0.3) is 11.1 Å². The lowest BCUT2D eigenvalue weighted by Crippen LogP contribution is -2.25. The fourth-order valence-electron chi connectivity index (χ4n) is 1.85. The summed E-state index contributed by atoms with van der Waals surface area (Å²) in [5, 5.41) is 0.695. The van der Waals surface area contributed by atoms with Crippen LogP contribution in [0.4, 0.5) is 5.95 Å². The van der Waals surface area contributed by atoms with Crippen LogP contribution in [0.15, 0.2) is 30.5 Å². The van der Waals surface area contributed by atoms with Crippen LogP contribution in [-0.2, 0) is 11.2 Å². The molecule has 4 nitrogen and oxygen atoms in total. The fourth-order valence-corrected chi connectivity index (χ4v) is 1.98. The van der Waals surface area contributed by atoms with Crippen molar-refractivity contribution in [2.45, 2.75) is 20.3 Å². The summed E-state index contributed by atoms with van der Waals surface area (Å²) in [5.41, 5.74) is 2.89. The molecule has 20 heavy (non-hydrogen) atoms. The first-order chi connectivity index (χ1) is 9.52. The highest BCUT2D eigenvalue weighted by Gasteiger charge is 2.13. The highest BCUT2D eigenvalue weighted by Crippen LogP contribution is 2.25. The van der Waals surface area contributed by atoms with E-state index < -0.39 is 0 Å². The number of carbonyl (C=O) groups is 1. The zero-order valence-corrected chi connectivity index (χ0v) is 12.5. The zero-order valence-electron chi connectivity index (χ0n) is 11.7. The molecule has 0 atom stereocenters. The third kappa shape index (κ3) is 2.96. The van der Waals surface area contributed by atoms with Crippen molar-refractivity contribution in [3.8, 4) is 11.1 Å². The lowest BCUT2D eigenvalue weighted by atomic mass is 10.0. The molecule has 0 radical (unpaired) electrons. The van der Waals surface area contributed by atoms with Gasteiger partial charge in [-0.2, -0.15) is 0 Å². The molecule has 1 heterocycles. The molecule has 0 saturated carbocycles. The maximum atomic E-state index is 11.4. The summed E-state index contributed by atoms with van der Waals surface area (Å²) in [6.07, 6.45) is 2.52. The normalized spacial score (nSPS) is 10.4. The van der Waals surface area contributed by atoms with E-state index in [9.17, 15) is 4.79 Å². The number of anilines is 1. The average molecular weight is 290 g/mol. The van der Waals surface area contributed by atoms with Crippen LogP contribution in [0.1, 0.15) is 19.5 Å². The standard InChI is InChI=1S/C15H16ClN3O/c1-4-14-13(11-5-7-12(16)8-6-11)9-17-15(18-14)19(3)10(2)20/h5-9H,4H2,1-3H3. The number of aromatic nitrogens is 2. The minimum Gasteiger partial charge on any atom is -0.284 e. The summed E-state index contributed by atoms with van der Waals surface area (Å²) >= 11 is 5.90. The van der Waals surface area contributed by atoms with E-state index in [0.29, 0.717) is 11.0 Å². The molecule has 0 aliphatic heterocycles. The second-order valence-electron chi connectivity index (χ2n) is 4.47. The molecule has 2 aromatic rings. The third-order valence-electron chi connectivity index (χ3n) is 3.12. The maximum absolute atomic E-state index is 11.4. The van der Waals surface area contributed by atoms with Gasteiger partial charge in [-0.25, -0.2) is 9.97 Å². The predicted octanol–water partition coefficient (Wildman–Crippen LogP) is 3.34. The van der Waals surface area contributed by atoms with Gasteiger partial charge in [-0.1, -0.05) is 30.7 Å². The largest absolute Gasteiger partial charge is 0.284 e. The van der Waals surface area contributed by atoms with Gasteiger partial charge < -0.3 is 0 Å². The maximum Gasteiger partial charge on any atom is 0.232 e. The van der Waals surface area contributed by atoms with Gasteiger partial charge in [0.1, 0.15) is 0 Å². The van der Waals surface area contributed by atoms with Crippen LogP contribution in [-0.4, -0.2) is 22.9 Å². The summed E-state index contributed by atoms with van der Waals surface area (Å²) < 4.78 is 0. The topological polar surface area (TPSA) is 46.1 Å². The van der Waals surface area contributed by atoms with Gasteiger partial charge in [0.05, 0.1) is 5.69 Å². The lowest BCUT2D eigenvalue weighted by molar-refractivity contribution is -0.116. The van der Waals surface area contributed by atoms with Crippen LogP contribution in [0.3, 0.4) is 0 Å². The van der Waals surface area contributed by atoms with Crippen LogP contribution in [0.5, 0.6) is 0 Å². The van der Waals surface area contributed by atoms with E-state index in [-0.39, 0.29) is 5.91 Å². The molecular formula is C15H16ClN3O. The molecule has 1 aromatic carbocycles. The fraction of sp³-hybridized carbons (Fsp3) is 0.267. The van der Waals surface area contributed by atoms with Gasteiger partial charge >= 0.3 is 0 Å². The number of hydrogen-bond donors (Lipinski definition) is 0. The van der Waals surface area contributed by atoms with Gasteiger partial charge in [0.15, 0.2) is 0 Å². The molecule has 0 bridgehead atoms. The number of rotatable bonds is 3. The number of halogens is 1. The molecule has 0 saturated heterocycles. The summed E-state index contributed by atoms with van der Waals surface area (Å²) in [7, 11) is 1.67. The second-order valence-corrected chi connectivity index (χ2v) is 4.91. The van der Waals surface area contributed by atoms with Gasteiger partial charge in [-0.05, 0) is 24.1 Å². The quantitative estimate of drug-likeness (QED) is 0.870. The van der Waals surface area contributed by atoms with Crippen LogP contribution >= 0.6 is 11.6 Å². The molecule has 0 aliphatic rings. The lowest BCUT2D eigenvalue weighted by Gasteiger charge is -2.15. The molecule has 2 rings (SSSR count). The van der Waals surface area contributed by atoms with E-state index in [4.69, 9.17) is 11.6 Å². The first-order valence-corrected chi connectivity index (χ1v) is 6.77. The Bertz CT molecular complexity index is 626. The molecule has 0 spiro atoms. The van der Waals surface area contributed by atoms with Crippen LogP contribution in [0.2, 0.25) is 5.02 Å². The number of benzene rings is 1. The number of carbonyl (C=O) groups excluding carboxylic acids is 1. The van der Waals surface area contributed by atoms with Gasteiger partial charge in [0.2, 0.25) is 11.9 Å². The predicted molar refractivity (Wildman–Crippen MR) is 80.9 cm³/mol. The van der Waals surface area contributed by atoms with Crippen molar-refractivity contribution in [1.29, 1.82) is 0 Å². The summed E-state index contributed by atoms with van der Waals surface area (Å²) in [4.78, 5) is 21.5. The zero-order chi connectivity index (χ0) is 14.7. The van der Waals surface area contributed by atoms with Crippen molar-refractivity contribution in [3.63, 3.8) is 0 Å². The van der Waals surface area contributed by atoms with Crippen molar-refractivity contribution >= 4 is 23.5 Å². The minimum absolute atomic E-state index is 0.0914.